The van der Waals surface area contributed by atoms with E-state index in [0.717, 1.165) is 38.5 Å². The van der Waals surface area contributed by atoms with Crippen molar-refractivity contribution >= 4 is 0 Å². The second kappa shape index (κ2) is 4.68. The number of hydrogen-bond donors (Lipinski definition) is 3. The second-order valence-electron chi connectivity index (χ2n) is 8.56. The lowest BCUT2D eigenvalue weighted by Crippen LogP contribution is -2.51. The molecule has 2 fully saturated rings. The third-order valence-corrected chi connectivity index (χ3v) is 7.59. The highest BCUT2D eigenvalue weighted by Crippen LogP contribution is 2.62. The SMILES string of the molecule is C[C@]12C=C[C@H](O)C[C@H]1C[C@H](O)C1=C3CC[C@H](N)[C@@]3(C)CC[C@@H]12. The normalized spacial score (nSPS) is 54.0. The molecule has 3 nitrogen and oxygen atoms in total. The first-order valence-electron chi connectivity index (χ1n) is 8.91. The molecule has 0 amide bonds. The summed E-state index contributed by atoms with van der Waals surface area (Å²) in [6, 6.07) is 0.248. The van der Waals surface area contributed by atoms with Crippen LogP contribution in [0.5, 0.6) is 0 Å². The standard InChI is InChI=1S/C19H29NO2/c1-18-7-5-12(21)9-11(18)10-15(22)17-13-3-4-16(20)19(13,2)8-6-14(17)18/h5,7,11-12,14-16,21-22H,3-4,6,8-10,20H2,1-2H3/t11-,12-,14-,15-,16-,18-,19-/m0/s1. The third kappa shape index (κ3) is 1.79. The predicted octanol–water partition coefficient (Wildman–Crippen LogP) is 2.53. The zero-order valence-electron chi connectivity index (χ0n) is 13.8. The molecule has 0 spiro atoms. The lowest BCUT2D eigenvalue weighted by atomic mass is 9.50. The molecule has 4 N–H and O–H groups in total. The van der Waals surface area contributed by atoms with E-state index >= 15 is 0 Å². The summed E-state index contributed by atoms with van der Waals surface area (Å²) in [4.78, 5) is 0. The Bertz CT molecular complexity index is 554. The van der Waals surface area contributed by atoms with Gasteiger partial charge in [-0.2, -0.15) is 0 Å². The van der Waals surface area contributed by atoms with Crippen LogP contribution in [0.15, 0.2) is 23.3 Å². The summed E-state index contributed by atoms with van der Waals surface area (Å²) in [6.07, 6.45) is 9.52. The third-order valence-electron chi connectivity index (χ3n) is 7.59. The van der Waals surface area contributed by atoms with Gasteiger partial charge in [0.1, 0.15) is 0 Å². The van der Waals surface area contributed by atoms with Gasteiger partial charge in [-0.1, -0.05) is 31.6 Å². The first-order valence-corrected chi connectivity index (χ1v) is 8.91. The fraction of sp³-hybridized carbons (Fsp3) is 0.789. The smallest absolute Gasteiger partial charge is 0.0758 e. The van der Waals surface area contributed by atoms with Crippen LogP contribution in [0.1, 0.15) is 52.4 Å². The van der Waals surface area contributed by atoms with Crippen LogP contribution in [-0.2, 0) is 0 Å². The molecule has 0 unspecified atom stereocenters. The van der Waals surface area contributed by atoms with E-state index in [4.69, 9.17) is 5.73 Å². The highest BCUT2D eigenvalue weighted by molar-refractivity contribution is 5.39. The fourth-order valence-electron chi connectivity index (χ4n) is 6.05. The van der Waals surface area contributed by atoms with E-state index in [1.165, 1.54) is 11.1 Å². The van der Waals surface area contributed by atoms with Gasteiger partial charge in [-0.25, -0.2) is 0 Å². The van der Waals surface area contributed by atoms with Crippen LogP contribution < -0.4 is 5.73 Å². The van der Waals surface area contributed by atoms with Crippen molar-refractivity contribution in [3.63, 3.8) is 0 Å². The van der Waals surface area contributed by atoms with Gasteiger partial charge in [0, 0.05) is 11.5 Å². The van der Waals surface area contributed by atoms with E-state index in [1.54, 1.807) is 0 Å². The van der Waals surface area contributed by atoms with Crippen LogP contribution >= 0.6 is 0 Å². The Labute approximate surface area is 133 Å². The van der Waals surface area contributed by atoms with Crippen molar-refractivity contribution in [2.75, 3.05) is 0 Å². The number of fused-ring (bicyclic) bond motifs is 4. The van der Waals surface area contributed by atoms with Crippen molar-refractivity contribution in [1.29, 1.82) is 0 Å². The molecule has 0 saturated heterocycles. The average Bonchev–Trinajstić information content (AvgIpc) is 2.77. The van der Waals surface area contributed by atoms with Crippen molar-refractivity contribution in [1.82, 2.24) is 0 Å². The number of nitrogens with two attached hydrogens (primary N) is 1. The zero-order valence-corrected chi connectivity index (χ0v) is 13.8. The van der Waals surface area contributed by atoms with Gasteiger partial charge in [-0.05, 0) is 61.3 Å². The molecule has 0 heterocycles. The molecule has 0 aromatic heterocycles. The van der Waals surface area contributed by atoms with Crippen LogP contribution in [0.4, 0.5) is 0 Å². The van der Waals surface area contributed by atoms with Crippen LogP contribution in [0.25, 0.3) is 0 Å². The molecule has 0 aliphatic heterocycles. The Morgan fingerprint density at radius 1 is 1.18 bits per heavy atom. The topological polar surface area (TPSA) is 66.5 Å². The number of rotatable bonds is 0. The minimum Gasteiger partial charge on any atom is -0.389 e. The van der Waals surface area contributed by atoms with Gasteiger partial charge in [-0.15, -0.1) is 0 Å². The van der Waals surface area contributed by atoms with E-state index in [2.05, 4.69) is 19.9 Å². The van der Waals surface area contributed by atoms with Crippen molar-refractivity contribution < 1.29 is 10.2 Å². The molecule has 4 rings (SSSR count). The van der Waals surface area contributed by atoms with Crippen LogP contribution in [-0.4, -0.2) is 28.5 Å². The molecule has 22 heavy (non-hydrogen) atoms. The molecule has 4 aliphatic carbocycles. The molecule has 0 aromatic rings. The van der Waals surface area contributed by atoms with Gasteiger partial charge in [-0.3, -0.25) is 0 Å². The fourth-order valence-corrected chi connectivity index (χ4v) is 6.05. The van der Waals surface area contributed by atoms with Crippen molar-refractivity contribution in [2.24, 2.45) is 28.4 Å². The molecule has 7 atom stereocenters. The largest absolute Gasteiger partial charge is 0.389 e. The van der Waals surface area contributed by atoms with Gasteiger partial charge in [0.25, 0.3) is 0 Å². The van der Waals surface area contributed by atoms with Crippen LogP contribution in [0, 0.1) is 22.7 Å². The first-order chi connectivity index (χ1) is 10.4. The van der Waals surface area contributed by atoms with Crippen molar-refractivity contribution in [3.8, 4) is 0 Å². The molecule has 0 aromatic carbocycles. The summed E-state index contributed by atoms with van der Waals surface area (Å²) >= 11 is 0. The maximum absolute atomic E-state index is 10.9. The first kappa shape index (κ1) is 14.9. The molecule has 122 valence electrons. The van der Waals surface area contributed by atoms with Gasteiger partial charge >= 0.3 is 0 Å². The zero-order chi connectivity index (χ0) is 15.7. The number of aliphatic hydroxyl groups excluding tert-OH is 2. The van der Waals surface area contributed by atoms with Gasteiger partial charge in [0.05, 0.1) is 12.2 Å². The van der Waals surface area contributed by atoms with E-state index in [9.17, 15) is 10.2 Å². The van der Waals surface area contributed by atoms with Gasteiger partial charge in [0.15, 0.2) is 0 Å². The Morgan fingerprint density at radius 2 is 1.95 bits per heavy atom. The molecular weight excluding hydrogens is 274 g/mol. The van der Waals surface area contributed by atoms with E-state index in [1.807, 2.05) is 6.08 Å². The van der Waals surface area contributed by atoms with E-state index in [-0.39, 0.29) is 29.1 Å². The lowest BCUT2D eigenvalue weighted by molar-refractivity contribution is -0.00107. The molecule has 0 bridgehead atoms. The van der Waals surface area contributed by atoms with Gasteiger partial charge < -0.3 is 15.9 Å². The predicted molar refractivity (Wildman–Crippen MR) is 87.1 cm³/mol. The van der Waals surface area contributed by atoms with E-state index in [0.29, 0.717) is 11.8 Å². The average molecular weight is 303 g/mol. The summed E-state index contributed by atoms with van der Waals surface area (Å²) in [5, 5.41) is 20.9. The monoisotopic (exact) mass is 303 g/mol. The quantitative estimate of drug-likeness (QED) is 0.602. The summed E-state index contributed by atoms with van der Waals surface area (Å²) in [5.41, 5.74) is 9.40. The Morgan fingerprint density at radius 3 is 2.73 bits per heavy atom. The Kier molecular flexibility index (Phi) is 3.18. The summed E-state index contributed by atoms with van der Waals surface area (Å²) in [6.45, 7) is 4.65. The Balaban J connectivity index is 1.82. The molecule has 3 heteroatoms. The van der Waals surface area contributed by atoms with Crippen molar-refractivity contribution in [3.05, 3.63) is 23.3 Å². The maximum Gasteiger partial charge on any atom is 0.0758 e. The molecule has 2 saturated carbocycles. The van der Waals surface area contributed by atoms with Gasteiger partial charge in [0.2, 0.25) is 0 Å². The van der Waals surface area contributed by atoms with Crippen LogP contribution in [0.3, 0.4) is 0 Å². The minimum atomic E-state index is -0.340. The van der Waals surface area contributed by atoms with Crippen molar-refractivity contribution in [2.45, 2.75) is 70.6 Å². The number of aliphatic hydroxyl groups is 2. The highest BCUT2D eigenvalue weighted by Gasteiger charge is 2.55. The summed E-state index contributed by atoms with van der Waals surface area (Å²) in [5.74, 6) is 0.814. The van der Waals surface area contributed by atoms with E-state index < -0.39 is 0 Å². The summed E-state index contributed by atoms with van der Waals surface area (Å²) in [7, 11) is 0. The van der Waals surface area contributed by atoms with Crippen LogP contribution in [0.2, 0.25) is 0 Å². The number of hydrogen-bond acceptors (Lipinski definition) is 3. The Hall–Kier alpha value is -0.640. The minimum absolute atomic E-state index is 0.0921. The maximum atomic E-state index is 10.9. The molecular formula is C19H29NO2. The molecule has 0 radical (unpaired) electrons. The highest BCUT2D eigenvalue weighted by atomic mass is 16.3. The lowest BCUT2D eigenvalue weighted by Gasteiger charge is -2.55. The second-order valence-corrected chi connectivity index (χ2v) is 8.56. The number of allylic oxidation sites excluding steroid dienone is 1. The molecule has 4 aliphatic rings. The summed E-state index contributed by atoms with van der Waals surface area (Å²) < 4.78 is 0.